The molecule has 1 atom stereocenters. The average Bonchev–Trinajstić information content (AvgIpc) is 2.73. The molecule has 0 aromatic heterocycles. The van der Waals surface area contributed by atoms with Crippen LogP contribution < -0.4 is 5.32 Å². The van der Waals surface area contributed by atoms with Crippen molar-refractivity contribution < 1.29 is 0 Å². The maximum absolute atomic E-state index is 3.66. The van der Waals surface area contributed by atoms with Crippen molar-refractivity contribution in [3.8, 4) is 0 Å². The zero-order valence-corrected chi connectivity index (χ0v) is 17.3. The zero-order chi connectivity index (χ0) is 19.6. The Morgan fingerprint density at radius 2 is 1.25 bits per heavy atom. The largest absolute Gasteiger partial charge is 0.317 e. The van der Waals surface area contributed by atoms with Gasteiger partial charge in [-0.1, -0.05) is 90.0 Å². The Morgan fingerprint density at radius 1 is 0.643 bits per heavy atom. The maximum atomic E-state index is 3.66. The van der Waals surface area contributed by atoms with Crippen LogP contribution in [0.3, 0.4) is 0 Å². The molecule has 0 radical (unpaired) electrons. The lowest BCUT2D eigenvalue weighted by Crippen LogP contribution is -2.19. The van der Waals surface area contributed by atoms with Gasteiger partial charge in [-0.2, -0.15) is 0 Å². The van der Waals surface area contributed by atoms with Gasteiger partial charge >= 0.3 is 0 Å². The Morgan fingerprint density at radius 3 is 1.93 bits per heavy atom. The lowest BCUT2D eigenvalue weighted by Gasteiger charge is -2.19. The third kappa shape index (κ3) is 6.35. The number of benzene rings is 3. The van der Waals surface area contributed by atoms with Crippen molar-refractivity contribution >= 4 is 0 Å². The highest BCUT2D eigenvalue weighted by Gasteiger charge is 2.13. The Labute approximate surface area is 170 Å². The molecule has 1 nitrogen and oxygen atoms in total. The molecule has 0 fully saturated rings. The molecule has 0 aliphatic rings. The Bertz CT molecular complexity index is 803. The summed E-state index contributed by atoms with van der Waals surface area (Å²) < 4.78 is 0. The van der Waals surface area contributed by atoms with Crippen LogP contribution in [-0.2, 0) is 6.42 Å². The molecule has 1 heteroatoms. The minimum Gasteiger partial charge on any atom is -0.317 e. The van der Waals surface area contributed by atoms with Crippen LogP contribution in [0.4, 0.5) is 0 Å². The highest BCUT2D eigenvalue weighted by Crippen LogP contribution is 2.27. The summed E-state index contributed by atoms with van der Waals surface area (Å²) in [5.74, 6) is 0.460. The zero-order valence-electron chi connectivity index (χ0n) is 17.3. The third-order valence-corrected chi connectivity index (χ3v) is 5.48. The summed E-state index contributed by atoms with van der Waals surface area (Å²) in [6.07, 6.45) is 4.79. The number of nitrogens with one attached hydrogen (secondary N) is 1. The van der Waals surface area contributed by atoms with Crippen LogP contribution in [0.25, 0.3) is 0 Å². The van der Waals surface area contributed by atoms with E-state index in [-0.39, 0.29) is 0 Å². The molecule has 146 valence electrons. The molecule has 0 saturated carbocycles. The Balaban J connectivity index is 1.44. The fraction of sp³-hybridized carbons (Fsp3) is 0.333. The third-order valence-electron chi connectivity index (χ3n) is 5.48. The monoisotopic (exact) mass is 371 g/mol. The summed E-state index contributed by atoms with van der Waals surface area (Å²) in [4.78, 5) is 0. The predicted molar refractivity (Wildman–Crippen MR) is 121 cm³/mol. The lowest BCUT2D eigenvalue weighted by molar-refractivity contribution is 0.582. The van der Waals surface area contributed by atoms with Gasteiger partial charge in [0.25, 0.3) is 0 Å². The molecule has 28 heavy (non-hydrogen) atoms. The van der Waals surface area contributed by atoms with Crippen LogP contribution in [0.15, 0.2) is 78.9 Å². The summed E-state index contributed by atoms with van der Waals surface area (Å²) in [7, 11) is 0. The molecule has 3 aromatic rings. The van der Waals surface area contributed by atoms with Crippen molar-refractivity contribution in [2.75, 3.05) is 13.1 Å². The highest BCUT2D eigenvalue weighted by atomic mass is 14.8. The van der Waals surface area contributed by atoms with Crippen molar-refractivity contribution in [3.63, 3.8) is 0 Å². The molecule has 0 aliphatic heterocycles. The highest BCUT2D eigenvalue weighted by molar-refractivity contribution is 5.34. The van der Waals surface area contributed by atoms with E-state index in [1.165, 1.54) is 47.1 Å². The summed E-state index contributed by atoms with van der Waals surface area (Å²) in [6, 6.07) is 28.9. The van der Waals surface area contributed by atoms with E-state index in [1.807, 2.05) is 0 Å². The molecule has 0 aliphatic carbocycles. The first-order valence-electron chi connectivity index (χ1n) is 10.6. The van der Waals surface area contributed by atoms with Gasteiger partial charge in [0.2, 0.25) is 0 Å². The topological polar surface area (TPSA) is 12.0 Å². The van der Waals surface area contributed by atoms with Gasteiger partial charge in [0, 0.05) is 5.92 Å². The number of unbranched alkanes of at least 4 members (excludes halogenated alkanes) is 1. The standard InChI is InChI=1S/C27H33N/c1-22-11-15-24(16-12-22)8-6-7-20-28-21-19-27(25-9-4-3-5-10-25)26-17-13-23(2)14-18-26/h3-5,9-18,27-28H,6-8,19-21H2,1-2H3. The normalized spacial score (nSPS) is 12.1. The van der Waals surface area contributed by atoms with E-state index in [0.29, 0.717) is 5.92 Å². The number of hydrogen-bond acceptors (Lipinski definition) is 1. The van der Waals surface area contributed by atoms with Crippen LogP contribution in [0, 0.1) is 13.8 Å². The van der Waals surface area contributed by atoms with Gasteiger partial charge in [-0.15, -0.1) is 0 Å². The fourth-order valence-corrected chi connectivity index (χ4v) is 3.72. The number of aryl methyl sites for hydroxylation is 3. The number of rotatable bonds is 10. The molecule has 1 N–H and O–H groups in total. The molecule has 3 aromatic carbocycles. The molecule has 0 saturated heterocycles. The van der Waals surface area contributed by atoms with Gasteiger partial charge in [-0.3, -0.25) is 0 Å². The molecule has 1 unspecified atom stereocenters. The first-order chi connectivity index (χ1) is 13.7. The first kappa shape index (κ1) is 20.4. The van der Waals surface area contributed by atoms with Crippen molar-refractivity contribution in [1.82, 2.24) is 5.32 Å². The second-order valence-electron chi connectivity index (χ2n) is 7.86. The van der Waals surface area contributed by atoms with E-state index in [2.05, 4.69) is 98.0 Å². The summed E-state index contributed by atoms with van der Waals surface area (Å²) in [6.45, 7) is 6.45. The van der Waals surface area contributed by atoms with Crippen LogP contribution in [0.2, 0.25) is 0 Å². The van der Waals surface area contributed by atoms with E-state index in [1.54, 1.807) is 0 Å². The van der Waals surface area contributed by atoms with Crippen molar-refractivity contribution in [2.24, 2.45) is 0 Å². The van der Waals surface area contributed by atoms with Gasteiger partial charge in [0.1, 0.15) is 0 Å². The van der Waals surface area contributed by atoms with E-state index in [9.17, 15) is 0 Å². The first-order valence-corrected chi connectivity index (χ1v) is 10.6. The molecule has 3 rings (SSSR count). The van der Waals surface area contributed by atoms with Gasteiger partial charge in [0.05, 0.1) is 0 Å². The average molecular weight is 372 g/mol. The summed E-state index contributed by atoms with van der Waals surface area (Å²) >= 11 is 0. The smallest absolute Gasteiger partial charge is 0.0101 e. The molecule has 0 heterocycles. The Hall–Kier alpha value is -2.38. The second kappa shape index (κ2) is 10.8. The van der Waals surface area contributed by atoms with Crippen LogP contribution in [0.1, 0.15) is 53.0 Å². The van der Waals surface area contributed by atoms with E-state index in [4.69, 9.17) is 0 Å². The predicted octanol–water partition coefficient (Wildman–Crippen LogP) is 6.44. The molecule has 0 spiro atoms. The minimum atomic E-state index is 0.460. The molecular weight excluding hydrogens is 338 g/mol. The summed E-state index contributed by atoms with van der Waals surface area (Å²) in [5.41, 5.74) is 6.94. The van der Waals surface area contributed by atoms with Gasteiger partial charge < -0.3 is 5.32 Å². The van der Waals surface area contributed by atoms with Crippen molar-refractivity contribution in [1.29, 1.82) is 0 Å². The van der Waals surface area contributed by atoms with E-state index >= 15 is 0 Å². The fourth-order valence-electron chi connectivity index (χ4n) is 3.72. The Kier molecular flexibility index (Phi) is 7.87. The van der Waals surface area contributed by atoms with Crippen molar-refractivity contribution in [2.45, 2.75) is 45.4 Å². The van der Waals surface area contributed by atoms with Gasteiger partial charge in [-0.25, -0.2) is 0 Å². The number of hydrogen-bond donors (Lipinski definition) is 1. The van der Waals surface area contributed by atoms with Crippen LogP contribution in [-0.4, -0.2) is 13.1 Å². The molecule has 0 bridgehead atoms. The van der Waals surface area contributed by atoms with Gasteiger partial charge in [0.15, 0.2) is 0 Å². The molecule has 0 amide bonds. The molecular formula is C27H33N. The van der Waals surface area contributed by atoms with Crippen LogP contribution in [0.5, 0.6) is 0 Å². The minimum absolute atomic E-state index is 0.460. The lowest BCUT2D eigenvalue weighted by atomic mass is 9.88. The van der Waals surface area contributed by atoms with Crippen LogP contribution >= 0.6 is 0 Å². The second-order valence-corrected chi connectivity index (χ2v) is 7.86. The quantitative estimate of drug-likeness (QED) is 0.404. The SMILES string of the molecule is Cc1ccc(CCCCNCCC(c2ccccc2)c2ccc(C)cc2)cc1. The van der Waals surface area contributed by atoms with E-state index in [0.717, 1.165) is 19.5 Å². The maximum Gasteiger partial charge on any atom is 0.0101 e. The summed E-state index contributed by atoms with van der Waals surface area (Å²) in [5, 5.41) is 3.66. The van der Waals surface area contributed by atoms with Crippen molar-refractivity contribution in [3.05, 3.63) is 107 Å². The van der Waals surface area contributed by atoms with E-state index < -0.39 is 0 Å². The van der Waals surface area contributed by atoms with Gasteiger partial charge in [-0.05, 0) is 69.3 Å².